The molecule has 20 heavy (non-hydrogen) atoms. The van der Waals surface area contributed by atoms with Crippen molar-refractivity contribution in [3.8, 4) is 5.75 Å². The normalized spacial score (nSPS) is 17.3. The topological polar surface area (TPSA) is 21.7 Å². The first kappa shape index (κ1) is 15.3. The van der Waals surface area contributed by atoms with E-state index in [1.165, 1.54) is 31.5 Å². The first-order valence-corrected chi connectivity index (χ1v) is 7.74. The maximum Gasteiger partial charge on any atom is 0.122 e. The molecule has 0 saturated carbocycles. The molecule has 1 saturated heterocycles. The van der Waals surface area contributed by atoms with Crippen molar-refractivity contribution in [1.29, 1.82) is 0 Å². The van der Waals surface area contributed by atoms with Crippen molar-refractivity contribution in [3.63, 3.8) is 0 Å². The van der Waals surface area contributed by atoms with Gasteiger partial charge in [0.1, 0.15) is 12.4 Å². The Morgan fingerprint density at radius 1 is 1.10 bits per heavy atom. The quantitative estimate of drug-likeness (QED) is 0.715. The number of benzene rings is 1. The highest BCUT2D eigenvalue weighted by atomic mass is 16.5. The van der Waals surface area contributed by atoms with Crippen molar-refractivity contribution in [2.75, 3.05) is 39.5 Å². The Bertz CT molecular complexity index is 386. The van der Waals surface area contributed by atoms with Crippen molar-refractivity contribution in [3.05, 3.63) is 29.8 Å². The molecular formula is C17H27NO2. The van der Waals surface area contributed by atoms with Crippen molar-refractivity contribution < 1.29 is 9.47 Å². The highest BCUT2D eigenvalue weighted by molar-refractivity contribution is 5.31. The second kappa shape index (κ2) is 8.28. The van der Waals surface area contributed by atoms with Gasteiger partial charge in [-0.05, 0) is 50.4 Å². The van der Waals surface area contributed by atoms with Gasteiger partial charge in [-0.3, -0.25) is 0 Å². The largest absolute Gasteiger partial charge is 0.491 e. The van der Waals surface area contributed by atoms with E-state index in [-0.39, 0.29) is 0 Å². The van der Waals surface area contributed by atoms with Crippen molar-refractivity contribution in [2.45, 2.75) is 26.7 Å². The van der Waals surface area contributed by atoms with E-state index in [0.29, 0.717) is 13.2 Å². The first-order valence-electron chi connectivity index (χ1n) is 7.74. The minimum absolute atomic E-state index is 0.627. The third kappa shape index (κ3) is 5.14. The van der Waals surface area contributed by atoms with E-state index < -0.39 is 0 Å². The van der Waals surface area contributed by atoms with E-state index in [4.69, 9.17) is 9.47 Å². The summed E-state index contributed by atoms with van der Waals surface area (Å²) in [4.78, 5) is 2.50. The van der Waals surface area contributed by atoms with Gasteiger partial charge in [-0.2, -0.15) is 0 Å². The lowest BCUT2D eigenvalue weighted by molar-refractivity contribution is 0.0707. The summed E-state index contributed by atoms with van der Waals surface area (Å²) in [6.45, 7) is 10.0. The van der Waals surface area contributed by atoms with Crippen LogP contribution >= 0.6 is 0 Å². The highest BCUT2D eigenvalue weighted by Crippen LogP contribution is 2.16. The van der Waals surface area contributed by atoms with Crippen molar-refractivity contribution >= 4 is 0 Å². The lowest BCUT2D eigenvalue weighted by atomic mass is 9.99. The predicted octanol–water partition coefficient (Wildman–Crippen LogP) is 3.12. The van der Waals surface area contributed by atoms with E-state index in [0.717, 1.165) is 24.8 Å². The number of ether oxygens (including phenoxy) is 2. The number of nitrogens with zero attached hydrogens (tertiary/aromatic N) is 1. The van der Waals surface area contributed by atoms with Gasteiger partial charge >= 0.3 is 0 Å². The van der Waals surface area contributed by atoms with E-state index in [2.05, 4.69) is 24.8 Å². The van der Waals surface area contributed by atoms with Crippen molar-refractivity contribution in [1.82, 2.24) is 4.90 Å². The molecule has 112 valence electrons. The fraction of sp³-hybridized carbons (Fsp3) is 0.647. The van der Waals surface area contributed by atoms with Crippen LogP contribution in [0.4, 0.5) is 0 Å². The molecule has 3 nitrogen and oxygen atoms in total. The minimum Gasteiger partial charge on any atom is -0.491 e. The Morgan fingerprint density at radius 2 is 1.85 bits per heavy atom. The molecule has 0 aromatic heterocycles. The number of rotatable bonds is 7. The van der Waals surface area contributed by atoms with Gasteiger partial charge < -0.3 is 14.4 Å². The SMILES string of the molecule is Cc1ccccc1OCCOCCN1CCC(C)CC1. The number of piperidine rings is 1. The average Bonchev–Trinajstić information content (AvgIpc) is 2.46. The maximum atomic E-state index is 5.70. The average molecular weight is 277 g/mol. The second-order valence-corrected chi connectivity index (χ2v) is 5.75. The molecule has 1 fully saturated rings. The molecular weight excluding hydrogens is 250 g/mol. The molecule has 0 radical (unpaired) electrons. The van der Waals surface area contributed by atoms with E-state index in [9.17, 15) is 0 Å². The van der Waals surface area contributed by atoms with E-state index >= 15 is 0 Å². The van der Waals surface area contributed by atoms with Gasteiger partial charge in [-0.15, -0.1) is 0 Å². The molecule has 2 rings (SSSR count). The third-order valence-corrected chi connectivity index (χ3v) is 4.01. The second-order valence-electron chi connectivity index (χ2n) is 5.75. The van der Waals surface area contributed by atoms with Crippen molar-refractivity contribution in [2.24, 2.45) is 5.92 Å². The van der Waals surface area contributed by atoms with Crippen LogP contribution in [-0.4, -0.2) is 44.4 Å². The molecule has 1 heterocycles. The fourth-order valence-corrected chi connectivity index (χ4v) is 2.51. The number of para-hydroxylation sites is 1. The first-order chi connectivity index (χ1) is 9.75. The molecule has 3 heteroatoms. The van der Waals surface area contributed by atoms with Crippen LogP contribution in [0.5, 0.6) is 5.75 Å². The van der Waals surface area contributed by atoms with E-state index in [1.807, 2.05) is 18.2 Å². The lowest BCUT2D eigenvalue weighted by Crippen LogP contribution is -2.35. The summed E-state index contributed by atoms with van der Waals surface area (Å²) in [6, 6.07) is 8.09. The molecule has 1 aromatic rings. The van der Waals surface area contributed by atoms with Gasteiger partial charge in [0.2, 0.25) is 0 Å². The molecule has 1 aliphatic heterocycles. The molecule has 0 spiro atoms. The Labute approximate surface area is 122 Å². The molecule has 0 bridgehead atoms. The molecule has 0 atom stereocenters. The zero-order valence-corrected chi connectivity index (χ0v) is 12.8. The molecule has 1 aromatic carbocycles. The molecule has 0 unspecified atom stereocenters. The van der Waals surface area contributed by atoms with Crippen LogP contribution < -0.4 is 4.74 Å². The number of likely N-dealkylation sites (tertiary alicyclic amines) is 1. The summed E-state index contributed by atoms with van der Waals surface area (Å²) in [7, 11) is 0. The van der Waals surface area contributed by atoms with Gasteiger partial charge in [-0.1, -0.05) is 25.1 Å². The summed E-state index contributed by atoms with van der Waals surface area (Å²) in [5.41, 5.74) is 1.18. The van der Waals surface area contributed by atoms with Gasteiger partial charge in [0.05, 0.1) is 13.2 Å². The predicted molar refractivity (Wildman–Crippen MR) is 82.3 cm³/mol. The standard InChI is InChI=1S/C17H27NO2/c1-15-7-9-18(10-8-15)11-12-19-13-14-20-17-6-4-3-5-16(17)2/h3-6,15H,7-14H2,1-2H3. The zero-order chi connectivity index (χ0) is 14.2. The van der Waals surface area contributed by atoms with Crippen LogP contribution in [0.3, 0.4) is 0 Å². The van der Waals surface area contributed by atoms with Crippen LogP contribution in [0.2, 0.25) is 0 Å². The Morgan fingerprint density at radius 3 is 2.60 bits per heavy atom. The molecule has 0 amide bonds. The Balaban J connectivity index is 1.51. The maximum absolute atomic E-state index is 5.70. The lowest BCUT2D eigenvalue weighted by Gasteiger charge is -2.29. The number of hydrogen-bond acceptors (Lipinski definition) is 3. The van der Waals surface area contributed by atoms with E-state index in [1.54, 1.807) is 0 Å². The summed E-state index contributed by atoms with van der Waals surface area (Å²) in [5, 5.41) is 0. The summed E-state index contributed by atoms with van der Waals surface area (Å²) in [5.74, 6) is 1.86. The number of aryl methyl sites for hydroxylation is 1. The summed E-state index contributed by atoms with van der Waals surface area (Å²) in [6.07, 6.45) is 2.66. The molecule has 0 aliphatic carbocycles. The van der Waals surface area contributed by atoms with Gasteiger partial charge in [-0.25, -0.2) is 0 Å². The molecule has 1 aliphatic rings. The van der Waals surface area contributed by atoms with Gasteiger partial charge in [0, 0.05) is 6.54 Å². The smallest absolute Gasteiger partial charge is 0.122 e. The Kier molecular flexibility index (Phi) is 6.34. The van der Waals surface area contributed by atoms with Crippen LogP contribution in [0.15, 0.2) is 24.3 Å². The van der Waals surface area contributed by atoms with Gasteiger partial charge in [0.15, 0.2) is 0 Å². The van der Waals surface area contributed by atoms with Gasteiger partial charge in [0.25, 0.3) is 0 Å². The summed E-state index contributed by atoms with van der Waals surface area (Å²) >= 11 is 0. The van der Waals surface area contributed by atoms with Crippen LogP contribution in [0.25, 0.3) is 0 Å². The van der Waals surface area contributed by atoms with Crippen LogP contribution in [0, 0.1) is 12.8 Å². The van der Waals surface area contributed by atoms with Crippen LogP contribution in [0.1, 0.15) is 25.3 Å². The number of hydrogen-bond donors (Lipinski definition) is 0. The summed E-state index contributed by atoms with van der Waals surface area (Å²) < 4.78 is 11.4. The molecule has 0 N–H and O–H groups in total. The van der Waals surface area contributed by atoms with Crippen LogP contribution in [-0.2, 0) is 4.74 Å². The fourth-order valence-electron chi connectivity index (χ4n) is 2.51. The third-order valence-electron chi connectivity index (χ3n) is 4.01. The highest BCUT2D eigenvalue weighted by Gasteiger charge is 2.14. The Hall–Kier alpha value is -1.06. The minimum atomic E-state index is 0.627. The monoisotopic (exact) mass is 277 g/mol. The zero-order valence-electron chi connectivity index (χ0n) is 12.8.